The number of hydrogen-bond donors (Lipinski definition) is 2. The highest BCUT2D eigenvalue weighted by atomic mass is 19.1. The zero-order chi connectivity index (χ0) is 13.0. The highest BCUT2D eigenvalue weighted by Gasteiger charge is 2.04. The van der Waals surface area contributed by atoms with Crippen LogP contribution in [0.5, 0.6) is 0 Å². The molecule has 1 aromatic carbocycles. The van der Waals surface area contributed by atoms with Gasteiger partial charge in [0.25, 0.3) is 0 Å². The summed E-state index contributed by atoms with van der Waals surface area (Å²) in [5, 5.41) is 0. The molecule has 0 unspecified atom stereocenters. The zero-order valence-electron chi connectivity index (χ0n) is 9.88. The third-order valence-corrected chi connectivity index (χ3v) is 2.66. The second-order valence-corrected chi connectivity index (χ2v) is 4.15. The lowest BCUT2D eigenvalue weighted by atomic mass is 10.0. The van der Waals surface area contributed by atoms with Crippen molar-refractivity contribution in [1.29, 1.82) is 0 Å². The molecule has 18 heavy (non-hydrogen) atoms. The van der Waals surface area contributed by atoms with Crippen LogP contribution in [-0.4, -0.2) is 22.7 Å². The van der Waals surface area contributed by atoms with Crippen LogP contribution in [0.3, 0.4) is 0 Å². The molecule has 1 aromatic heterocycles. The number of anilines is 1. The van der Waals surface area contributed by atoms with E-state index in [9.17, 15) is 4.39 Å². The third-order valence-electron chi connectivity index (χ3n) is 2.66. The number of alkyl halides is 1. The van der Waals surface area contributed by atoms with Crippen LogP contribution in [0.15, 0.2) is 36.7 Å². The molecule has 1 heterocycles. The van der Waals surface area contributed by atoms with Crippen molar-refractivity contribution >= 4 is 5.95 Å². The van der Waals surface area contributed by atoms with Gasteiger partial charge in [-0.2, -0.15) is 0 Å². The van der Waals surface area contributed by atoms with Crippen LogP contribution in [0.2, 0.25) is 0 Å². The minimum absolute atomic E-state index is 0.254. The molecule has 5 heteroatoms. The normalized spacial score (nSPS) is 12.3. The SMILES string of the molecule is Nc1ncc(-c2ccc(C[C@H](N)CF)cc2)cn1. The fourth-order valence-electron chi connectivity index (χ4n) is 1.68. The number of hydrogen-bond acceptors (Lipinski definition) is 4. The van der Waals surface area contributed by atoms with E-state index in [-0.39, 0.29) is 5.95 Å². The molecule has 0 aliphatic heterocycles. The van der Waals surface area contributed by atoms with Gasteiger partial charge in [-0.15, -0.1) is 0 Å². The van der Waals surface area contributed by atoms with Crippen molar-refractivity contribution in [3.05, 3.63) is 42.2 Å². The van der Waals surface area contributed by atoms with E-state index >= 15 is 0 Å². The summed E-state index contributed by atoms with van der Waals surface area (Å²) in [4.78, 5) is 7.87. The van der Waals surface area contributed by atoms with Gasteiger partial charge in [0.2, 0.25) is 5.95 Å². The summed E-state index contributed by atoms with van der Waals surface area (Å²) in [6.45, 7) is -0.506. The van der Waals surface area contributed by atoms with Gasteiger partial charge < -0.3 is 11.5 Å². The van der Waals surface area contributed by atoms with Crippen molar-refractivity contribution < 1.29 is 4.39 Å². The van der Waals surface area contributed by atoms with Crippen molar-refractivity contribution in [2.75, 3.05) is 12.4 Å². The van der Waals surface area contributed by atoms with E-state index < -0.39 is 12.7 Å². The average molecular weight is 246 g/mol. The van der Waals surface area contributed by atoms with Gasteiger partial charge in [-0.25, -0.2) is 14.4 Å². The lowest BCUT2D eigenvalue weighted by molar-refractivity contribution is 0.427. The number of nitrogens with two attached hydrogens (primary N) is 2. The van der Waals surface area contributed by atoms with Crippen molar-refractivity contribution in [2.24, 2.45) is 5.73 Å². The van der Waals surface area contributed by atoms with E-state index in [0.29, 0.717) is 6.42 Å². The quantitative estimate of drug-likeness (QED) is 0.858. The zero-order valence-corrected chi connectivity index (χ0v) is 9.88. The molecule has 0 fully saturated rings. The molecule has 0 amide bonds. The molecular formula is C13H15FN4. The van der Waals surface area contributed by atoms with Crippen LogP contribution in [0.25, 0.3) is 11.1 Å². The maximum Gasteiger partial charge on any atom is 0.219 e. The molecule has 0 aliphatic rings. The highest BCUT2D eigenvalue weighted by molar-refractivity contribution is 5.62. The summed E-state index contributed by atoms with van der Waals surface area (Å²) >= 11 is 0. The van der Waals surface area contributed by atoms with Crippen LogP contribution in [0, 0.1) is 0 Å². The van der Waals surface area contributed by atoms with Crippen molar-refractivity contribution in [3.63, 3.8) is 0 Å². The van der Waals surface area contributed by atoms with Gasteiger partial charge in [-0.1, -0.05) is 24.3 Å². The summed E-state index contributed by atoms with van der Waals surface area (Å²) in [5.74, 6) is 0.254. The van der Waals surface area contributed by atoms with Gasteiger partial charge in [0, 0.05) is 24.0 Å². The summed E-state index contributed by atoms with van der Waals surface area (Å²) in [6.07, 6.45) is 3.88. The van der Waals surface area contributed by atoms with Crippen molar-refractivity contribution in [2.45, 2.75) is 12.5 Å². The predicted molar refractivity (Wildman–Crippen MR) is 69.5 cm³/mol. The maximum atomic E-state index is 12.3. The van der Waals surface area contributed by atoms with Crippen LogP contribution in [-0.2, 0) is 6.42 Å². The van der Waals surface area contributed by atoms with Crippen molar-refractivity contribution in [3.8, 4) is 11.1 Å². The standard InChI is InChI=1S/C13H15FN4/c14-6-12(15)5-9-1-3-10(4-2-9)11-7-17-13(16)18-8-11/h1-4,7-8,12H,5-6,15H2,(H2,16,17,18)/t12-/m0/s1. The van der Waals surface area contributed by atoms with Crippen LogP contribution < -0.4 is 11.5 Å². The Labute approximate surface area is 105 Å². The topological polar surface area (TPSA) is 77.8 Å². The van der Waals surface area contributed by atoms with Crippen LogP contribution in [0.1, 0.15) is 5.56 Å². The molecule has 0 saturated heterocycles. The van der Waals surface area contributed by atoms with Gasteiger partial charge >= 0.3 is 0 Å². The van der Waals surface area contributed by atoms with Crippen LogP contribution >= 0.6 is 0 Å². The summed E-state index contributed by atoms with van der Waals surface area (Å²) < 4.78 is 12.3. The Morgan fingerprint density at radius 2 is 1.67 bits per heavy atom. The second-order valence-electron chi connectivity index (χ2n) is 4.15. The first-order valence-electron chi connectivity index (χ1n) is 5.67. The molecule has 94 valence electrons. The summed E-state index contributed by atoms with van der Waals surface area (Å²) in [6, 6.07) is 7.31. The summed E-state index contributed by atoms with van der Waals surface area (Å²) in [7, 11) is 0. The summed E-state index contributed by atoms with van der Waals surface area (Å²) in [5.41, 5.74) is 13.9. The lowest BCUT2D eigenvalue weighted by Crippen LogP contribution is -2.24. The maximum absolute atomic E-state index is 12.3. The van der Waals surface area contributed by atoms with Gasteiger partial charge in [0.05, 0.1) is 0 Å². The first-order chi connectivity index (χ1) is 8.69. The Kier molecular flexibility index (Phi) is 3.84. The molecule has 1 atom stereocenters. The molecule has 4 N–H and O–H groups in total. The minimum atomic E-state index is -0.506. The Bertz CT molecular complexity index is 495. The van der Waals surface area contributed by atoms with E-state index in [4.69, 9.17) is 11.5 Å². The second kappa shape index (κ2) is 5.55. The van der Waals surface area contributed by atoms with E-state index in [0.717, 1.165) is 16.7 Å². The fraction of sp³-hybridized carbons (Fsp3) is 0.231. The predicted octanol–water partition coefficient (Wildman–Crippen LogP) is 1.57. The molecular weight excluding hydrogens is 231 g/mol. The molecule has 0 spiro atoms. The number of halogens is 1. The largest absolute Gasteiger partial charge is 0.368 e. The number of benzene rings is 1. The molecule has 0 saturated carbocycles. The Balaban J connectivity index is 2.14. The molecule has 4 nitrogen and oxygen atoms in total. The van der Waals surface area contributed by atoms with Crippen LogP contribution in [0.4, 0.5) is 10.3 Å². The minimum Gasteiger partial charge on any atom is -0.368 e. The first-order valence-corrected chi connectivity index (χ1v) is 5.67. The molecule has 2 rings (SSSR count). The van der Waals surface area contributed by atoms with E-state index in [1.54, 1.807) is 12.4 Å². The van der Waals surface area contributed by atoms with E-state index in [1.807, 2.05) is 24.3 Å². The first kappa shape index (κ1) is 12.4. The number of aromatic nitrogens is 2. The third kappa shape index (κ3) is 3.01. The van der Waals surface area contributed by atoms with E-state index in [2.05, 4.69) is 9.97 Å². The smallest absolute Gasteiger partial charge is 0.219 e. The lowest BCUT2D eigenvalue weighted by Gasteiger charge is -2.07. The van der Waals surface area contributed by atoms with Crippen molar-refractivity contribution in [1.82, 2.24) is 9.97 Å². The monoisotopic (exact) mass is 246 g/mol. The van der Waals surface area contributed by atoms with Gasteiger partial charge in [-0.3, -0.25) is 0 Å². The number of nitrogens with zero attached hydrogens (tertiary/aromatic N) is 2. The molecule has 2 aromatic rings. The Morgan fingerprint density at radius 3 is 2.22 bits per heavy atom. The Hall–Kier alpha value is -2.01. The molecule has 0 radical (unpaired) electrons. The average Bonchev–Trinajstić information content (AvgIpc) is 2.40. The fourth-order valence-corrected chi connectivity index (χ4v) is 1.68. The Morgan fingerprint density at radius 1 is 1.06 bits per heavy atom. The van der Waals surface area contributed by atoms with Gasteiger partial charge in [-0.05, 0) is 17.5 Å². The number of rotatable bonds is 4. The van der Waals surface area contributed by atoms with Gasteiger partial charge in [0.15, 0.2) is 0 Å². The highest BCUT2D eigenvalue weighted by Crippen LogP contribution is 2.18. The molecule has 0 aliphatic carbocycles. The molecule has 0 bridgehead atoms. The van der Waals surface area contributed by atoms with E-state index in [1.165, 1.54) is 0 Å². The van der Waals surface area contributed by atoms with Gasteiger partial charge in [0.1, 0.15) is 6.67 Å². The number of nitrogen functional groups attached to an aromatic ring is 1.